The number of hydrogen-bond acceptors (Lipinski definition) is 3. The van der Waals surface area contributed by atoms with Gasteiger partial charge in [0.2, 0.25) is 0 Å². The fourth-order valence-electron chi connectivity index (χ4n) is 2.35. The first kappa shape index (κ1) is 16.4. The second-order valence-corrected chi connectivity index (χ2v) is 5.74. The van der Waals surface area contributed by atoms with Gasteiger partial charge in [-0.05, 0) is 44.0 Å². The van der Waals surface area contributed by atoms with Crippen molar-refractivity contribution in [2.75, 3.05) is 7.11 Å². The Morgan fingerprint density at radius 3 is 2.32 bits per heavy atom. The van der Waals surface area contributed by atoms with Crippen LogP contribution in [0, 0.1) is 6.92 Å². The number of methoxy groups -OCH3 is 1. The van der Waals surface area contributed by atoms with Gasteiger partial charge in [-0.1, -0.05) is 35.9 Å². The summed E-state index contributed by atoms with van der Waals surface area (Å²) in [6.07, 6.45) is 0.138. The summed E-state index contributed by atoms with van der Waals surface area (Å²) in [5.41, 5.74) is 3.77. The van der Waals surface area contributed by atoms with E-state index in [1.54, 1.807) is 7.11 Å². The summed E-state index contributed by atoms with van der Waals surface area (Å²) in [6.45, 7) is 7.79. The Labute approximate surface area is 133 Å². The lowest BCUT2D eigenvalue weighted by Gasteiger charge is -2.14. The third-order valence-electron chi connectivity index (χ3n) is 3.33. The molecule has 22 heavy (non-hydrogen) atoms. The van der Waals surface area contributed by atoms with Gasteiger partial charge in [-0.2, -0.15) is 0 Å². The molecule has 3 nitrogen and oxygen atoms in total. The number of hydrogen-bond donors (Lipinski definition) is 1. The second-order valence-electron chi connectivity index (χ2n) is 5.74. The number of rotatable bonds is 7. The molecule has 0 aliphatic heterocycles. The molecule has 0 aromatic heterocycles. The SMILES string of the molecule is COc1cc(CNCc2cccc(C)c2)ccc1OC(C)C. The zero-order chi connectivity index (χ0) is 15.9. The van der Waals surface area contributed by atoms with Crippen molar-refractivity contribution in [1.82, 2.24) is 5.32 Å². The third-order valence-corrected chi connectivity index (χ3v) is 3.33. The Kier molecular flexibility index (Phi) is 5.84. The van der Waals surface area contributed by atoms with Crippen LogP contribution in [0.15, 0.2) is 42.5 Å². The summed E-state index contributed by atoms with van der Waals surface area (Å²) in [5.74, 6) is 1.57. The Morgan fingerprint density at radius 2 is 1.68 bits per heavy atom. The lowest BCUT2D eigenvalue weighted by Crippen LogP contribution is -2.13. The lowest BCUT2D eigenvalue weighted by molar-refractivity contribution is 0.230. The van der Waals surface area contributed by atoms with E-state index >= 15 is 0 Å². The summed E-state index contributed by atoms with van der Waals surface area (Å²) in [7, 11) is 1.67. The third kappa shape index (κ3) is 4.78. The molecule has 0 saturated carbocycles. The molecule has 0 bridgehead atoms. The first-order chi connectivity index (χ1) is 10.6. The molecule has 0 radical (unpaired) electrons. The fourth-order valence-corrected chi connectivity index (χ4v) is 2.35. The highest BCUT2D eigenvalue weighted by atomic mass is 16.5. The lowest BCUT2D eigenvalue weighted by atomic mass is 10.1. The van der Waals surface area contributed by atoms with Crippen molar-refractivity contribution in [3.63, 3.8) is 0 Å². The molecule has 0 aliphatic carbocycles. The number of ether oxygens (including phenoxy) is 2. The zero-order valence-corrected chi connectivity index (χ0v) is 13.8. The van der Waals surface area contributed by atoms with Crippen LogP contribution in [0.4, 0.5) is 0 Å². The second kappa shape index (κ2) is 7.85. The molecule has 1 N–H and O–H groups in total. The van der Waals surface area contributed by atoms with Gasteiger partial charge in [-0.3, -0.25) is 0 Å². The summed E-state index contributed by atoms with van der Waals surface area (Å²) in [6, 6.07) is 14.6. The molecule has 0 heterocycles. The monoisotopic (exact) mass is 299 g/mol. The van der Waals surface area contributed by atoms with Crippen LogP contribution >= 0.6 is 0 Å². The van der Waals surface area contributed by atoms with Gasteiger partial charge in [-0.15, -0.1) is 0 Å². The molecule has 0 aliphatic rings. The molecular weight excluding hydrogens is 274 g/mol. The van der Waals surface area contributed by atoms with E-state index < -0.39 is 0 Å². The van der Waals surface area contributed by atoms with Gasteiger partial charge in [-0.25, -0.2) is 0 Å². The normalized spacial score (nSPS) is 10.8. The Bertz CT molecular complexity index is 608. The quantitative estimate of drug-likeness (QED) is 0.835. The van der Waals surface area contributed by atoms with Crippen LogP contribution in [0.5, 0.6) is 11.5 Å². The first-order valence-electron chi connectivity index (χ1n) is 7.68. The zero-order valence-electron chi connectivity index (χ0n) is 13.8. The summed E-state index contributed by atoms with van der Waals surface area (Å²) < 4.78 is 11.1. The van der Waals surface area contributed by atoms with E-state index in [9.17, 15) is 0 Å². The van der Waals surface area contributed by atoms with Crippen molar-refractivity contribution in [2.24, 2.45) is 0 Å². The number of aryl methyl sites for hydroxylation is 1. The van der Waals surface area contributed by atoms with E-state index in [-0.39, 0.29) is 6.10 Å². The van der Waals surface area contributed by atoms with Crippen molar-refractivity contribution in [2.45, 2.75) is 40.0 Å². The molecule has 0 amide bonds. The predicted molar refractivity (Wildman–Crippen MR) is 90.5 cm³/mol. The van der Waals surface area contributed by atoms with Crippen LogP contribution in [-0.4, -0.2) is 13.2 Å². The highest BCUT2D eigenvalue weighted by Crippen LogP contribution is 2.28. The smallest absolute Gasteiger partial charge is 0.161 e. The minimum atomic E-state index is 0.138. The highest BCUT2D eigenvalue weighted by molar-refractivity contribution is 5.43. The fraction of sp³-hybridized carbons (Fsp3) is 0.368. The minimum Gasteiger partial charge on any atom is -0.493 e. The minimum absolute atomic E-state index is 0.138. The molecule has 2 aromatic carbocycles. The van der Waals surface area contributed by atoms with Crippen molar-refractivity contribution < 1.29 is 9.47 Å². The van der Waals surface area contributed by atoms with E-state index in [4.69, 9.17) is 9.47 Å². The van der Waals surface area contributed by atoms with Gasteiger partial charge in [0, 0.05) is 13.1 Å². The Hall–Kier alpha value is -2.00. The van der Waals surface area contributed by atoms with E-state index in [2.05, 4.69) is 42.6 Å². The van der Waals surface area contributed by atoms with E-state index in [0.717, 1.165) is 24.6 Å². The van der Waals surface area contributed by atoms with E-state index in [0.29, 0.717) is 0 Å². The molecule has 0 unspecified atom stereocenters. The Morgan fingerprint density at radius 1 is 0.955 bits per heavy atom. The van der Waals surface area contributed by atoms with Crippen molar-refractivity contribution >= 4 is 0 Å². The summed E-state index contributed by atoms with van der Waals surface area (Å²) >= 11 is 0. The Balaban J connectivity index is 1.95. The number of nitrogens with one attached hydrogen (secondary N) is 1. The highest BCUT2D eigenvalue weighted by Gasteiger charge is 2.07. The molecule has 3 heteroatoms. The van der Waals surface area contributed by atoms with Crippen LogP contribution in [0.1, 0.15) is 30.5 Å². The summed E-state index contributed by atoms with van der Waals surface area (Å²) in [4.78, 5) is 0. The summed E-state index contributed by atoms with van der Waals surface area (Å²) in [5, 5.41) is 3.46. The van der Waals surface area contributed by atoms with Gasteiger partial charge < -0.3 is 14.8 Å². The largest absolute Gasteiger partial charge is 0.493 e. The van der Waals surface area contributed by atoms with Gasteiger partial charge in [0.05, 0.1) is 13.2 Å². The van der Waals surface area contributed by atoms with Crippen molar-refractivity contribution in [1.29, 1.82) is 0 Å². The van der Waals surface area contributed by atoms with Gasteiger partial charge in [0.15, 0.2) is 11.5 Å². The molecule has 0 atom stereocenters. The topological polar surface area (TPSA) is 30.5 Å². The predicted octanol–water partition coefficient (Wildman–Crippen LogP) is 4.08. The maximum Gasteiger partial charge on any atom is 0.161 e. The van der Waals surface area contributed by atoms with Crippen LogP contribution < -0.4 is 14.8 Å². The molecule has 2 aromatic rings. The van der Waals surface area contributed by atoms with Crippen molar-refractivity contribution in [3.05, 3.63) is 59.2 Å². The van der Waals surface area contributed by atoms with Crippen molar-refractivity contribution in [3.8, 4) is 11.5 Å². The van der Waals surface area contributed by atoms with E-state index in [1.807, 2.05) is 26.0 Å². The first-order valence-corrected chi connectivity index (χ1v) is 7.68. The van der Waals surface area contributed by atoms with Gasteiger partial charge >= 0.3 is 0 Å². The van der Waals surface area contributed by atoms with Crippen LogP contribution in [0.2, 0.25) is 0 Å². The van der Waals surface area contributed by atoms with E-state index in [1.165, 1.54) is 16.7 Å². The molecule has 0 spiro atoms. The molecule has 118 valence electrons. The molecule has 2 rings (SSSR count). The van der Waals surface area contributed by atoms with Gasteiger partial charge in [0.1, 0.15) is 0 Å². The standard InChI is InChI=1S/C19H25NO2/c1-14(2)22-18-9-8-17(11-19(18)21-4)13-20-12-16-7-5-6-15(3)10-16/h5-11,14,20H,12-13H2,1-4H3. The molecule has 0 saturated heterocycles. The van der Waals surface area contributed by atoms with Crippen LogP contribution in [0.3, 0.4) is 0 Å². The molecule has 0 fully saturated rings. The maximum absolute atomic E-state index is 5.73. The van der Waals surface area contributed by atoms with Gasteiger partial charge in [0.25, 0.3) is 0 Å². The van der Waals surface area contributed by atoms with Crippen LogP contribution in [0.25, 0.3) is 0 Å². The number of benzene rings is 2. The molecular formula is C19H25NO2. The average molecular weight is 299 g/mol. The average Bonchev–Trinajstić information content (AvgIpc) is 2.48. The van der Waals surface area contributed by atoms with Crippen LogP contribution in [-0.2, 0) is 13.1 Å². The maximum atomic E-state index is 5.73.